The molecule has 5 nitrogen and oxygen atoms in total. The van der Waals surface area contributed by atoms with E-state index < -0.39 is 0 Å². The number of methoxy groups -OCH3 is 1. The van der Waals surface area contributed by atoms with Crippen molar-refractivity contribution < 1.29 is 14.6 Å². The number of likely N-dealkylation sites (tertiary alicyclic amines) is 1. The first-order valence-corrected chi connectivity index (χ1v) is 12.2. The van der Waals surface area contributed by atoms with E-state index in [2.05, 4.69) is 17.5 Å². The summed E-state index contributed by atoms with van der Waals surface area (Å²) in [5.41, 5.74) is 2.11. The number of phenols is 1. The minimum Gasteiger partial charge on any atom is -0.508 e. The van der Waals surface area contributed by atoms with E-state index in [-0.39, 0.29) is 17.4 Å². The van der Waals surface area contributed by atoms with Gasteiger partial charge in [0.1, 0.15) is 11.5 Å². The van der Waals surface area contributed by atoms with Crippen LogP contribution in [0.25, 0.3) is 6.08 Å². The Labute approximate surface area is 203 Å². The van der Waals surface area contributed by atoms with Crippen molar-refractivity contribution in [1.82, 2.24) is 9.80 Å². The topological polar surface area (TPSA) is 53.0 Å². The highest BCUT2D eigenvalue weighted by Gasteiger charge is 2.49. The molecule has 0 radical (unpaired) electrons. The summed E-state index contributed by atoms with van der Waals surface area (Å²) in [5, 5.41) is 10.2. The van der Waals surface area contributed by atoms with E-state index in [0.717, 1.165) is 56.6 Å². The summed E-state index contributed by atoms with van der Waals surface area (Å²) in [4.78, 5) is 17.5. The molecule has 180 valence electrons. The van der Waals surface area contributed by atoms with Crippen LogP contribution in [0, 0.1) is 5.92 Å². The second-order valence-electron chi connectivity index (χ2n) is 9.70. The number of phenolic OH excluding ortho intramolecular Hbond substituents is 1. The van der Waals surface area contributed by atoms with Gasteiger partial charge in [-0.25, -0.2) is 0 Å². The Kier molecular flexibility index (Phi) is 7.42. The maximum atomic E-state index is 13.1. The van der Waals surface area contributed by atoms with Gasteiger partial charge in [0.2, 0.25) is 5.91 Å². The molecule has 0 aromatic heterocycles. The first-order chi connectivity index (χ1) is 16.4. The second kappa shape index (κ2) is 10.5. The lowest BCUT2D eigenvalue weighted by Gasteiger charge is -2.54. The van der Waals surface area contributed by atoms with Crippen LogP contribution >= 0.6 is 0 Å². The molecule has 1 saturated carbocycles. The molecule has 0 spiro atoms. The molecule has 2 fully saturated rings. The highest BCUT2D eigenvalue weighted by molar-refractivity contribution is 5.91. The fraction of sp³-hybridized carbons (Fsp3) is 0.414. The normalized spacial score (nSPS) is 25.0. The molecule has 1 heterocycles. The summed E-state index contributed by atoms with van der Waals surface area (Å²) in [7, 11) is 3.56. The van der Waals surface area contributed by atoms with Crippen molar-refractivity contribution in [3.63, 3.8) is 0 Å². The zero-order valence-electron chi connectivity index (χ0n) is 20.3. The monoisotopic (exact) mass is 460 g/mol. The van der Waals surface area contributed by atoms with Gasteiger partial charge >= 0.3 is 0 Å². The minimum atomic E-state index is -0.0373. The molecule has 0 bridgehead atoms. The Morgan fingerprint density at radius 1 is 1.26 bits per heavy atom. The minimum absolute atomic E-state index is 0.0152. The molecule has 4 rings (SSSR count). The third-order valence-corrected chi connectivity index (χ3v) is 7.80. The number of benzene rings is 2. The van der Waals surface area contributed by atoms with Crippen molar-refractivity contribution in [3.8, 4) is 11.5 Å². The van der Waals surface area contributed by atoms with Crippen LogP contribution in [0.4, 0.5) is 0 Å². The summed E-state index contributed by atoms with van der Waals surface area (Å²) < 4.78 is 5.28. The van der Waals surface area contributed by atoms with Gasteiger partial charge < -0.3 is 14.7 Å². The number of rotatable bonds is 7. The van der Waals surface area contributed by atoms with Crippen LogP contribution in [0.1, 0.15) is 36.8 Å². The summed E-state index contributed by atoms with van der Waals surface area (Å²) >= 11 is 0. The van der Waals surface area contributed by atoms with E-state index in [1.54, 1.807) is 19.3 Å². The van der Waals surface area contributed by atoms with Crippen LogP contribution < -0.4 is 4.74 Å². The Balaban J connectivity index is 1.54. The first-order valence-electron chi connectivity index (χ1n) is 12.2. The summed E-state index contributed by atoms with van der Waals surface area (Å²) in [6.07, 6.45) is 9.48. The lowest BCUT2D eigenvalue weighted by Crippen LogP contribution is -2.56. The van der Waals surface area contributed by atoms with Gasteiger partial charge in [-0.1, -0.05) is 30.3 Å². The Morgan fingerprint density at radius 3 is 2.85 bits per heavy atom. The summed E-state index contributed by atoms with van der Waals surface area (Å²) in [6, 6.07) is 15.6. The van der Waals surface area contributed by atoms with Gasteiger partial charge in [0.25, 0.3) is 0 Å². The number of piperidine rings is 1. The molecule has 34 heavy (non-hydrogen) atoms. The predicted molar refractivity (Wildman–Crippen MR) is 137 cm³/mol. The maximum Gasteiger partial charge on any atom is 0.246 e. The van der Waals surface area contributed by atoms with Gasteiger partial charge in [-0.05, 0) is 79.6 Å². The fourth-order valence-electron chi connectivity index (χ4n) is 5.89. The summed E-state index contributed by atoms with van der Waals surface area (Å²) in [6.45, 7) is 6.85. The van der Waals surface area contributed by atoms with Crippen molar-refractivity contribution in [3.05, 3.63) is 78.4 Å². The Morgan fingerprint density at radius 2 is 2.09 bits per heavy atom. The van der Waals surface area contributed by atoms with Crippen LogP contribution in [0.3, 0.4) is 0 Å². The highest BCUT2D eigenvalue weighted by atomic mass is 16.5. The van der Waals surface area contributed by atoms with E-state index in [1.807, 2.05) is 60.5 Å². The number of nitrogens with zero attached hydrogens (tertiary/aromatic N) is 2. The number of carbonyl (C=O) groups excluding carboxylic acids is 1. The Hall–Kier alpha value is -3.05. The third-order valence-electron chi connectivity index (χ3n) is 7.80. The van der Waals surface area contributed by atoms with Crippen LogP contribution in [-0.4, -0.2) is 60.6 Å². The van der Waals surface area contributed by atoms with E-state index in [9.17, 15) is 9.90 Å². The van der Waals surface area contributed by atoms with Crippen LogP contribution in [-0.2, 0) is 10.2 Å². The van der Waals surface area contributed by atoms with Crippen LogP contribution in [0.2, 0.25) is 0 Å². The molecule has 1 amide bonds. The Bertz CT molecular complexity index is 1050. The van der Waals surface area contributed by atoms with Gasteiger partial charge in [-0.3, -0.25) is 9.69 Å². The number of carbonyl (C=O) groups is 1. The molecular formula is C29H36N2O3. The molecule has 3 atom stereocenters. The highest BCUT2D eigenvalue weighted by Crippen LogP contribution is 2.50. The number of likely N-dealkylation sites (N-methyl/N-ethyl adjacent to an activating group) is 1. The third kappa shape index (κ3) is 5.05. The van der Waals surface area contributed by atoms with Gasteiger partial charge in [0.05, 0.1) is 7.11 Å². The second-order valence-corrected chi connectivity index (χ2v) is 9.70. The molecular weight excluding hydrogens is 424 g/mol. The molecule has 2 aromatic carbocycles. The quantitative estimate of drug-likeness (QED) is 0.473. The maximum absolute atomic E-state index is 13.1. The largest absolute Gasteiger partial charge is 0.508 e. The van der Waals surface area contributed by atoms with E-state index in [0.29, 0.717) is 11.7 Å². The zero-order valence-corrected chi connectivity index (χ0v) is 20.3. The number of hydrogen-bond donors (Lipinski definition) is 1. The van der Waals surface area contributed by atoms with E-state index in [1.165, 1.54) is 5.56 Å². The number of aromatic hydroxyl groups is 1. The number of hydrogen-bond acceptors (Lipinski definition) is 4. The van der Waals surface area contributed by atoms with Gasteiger partial charge in [0.15, 0.2) is 0 Å². The fourth-order valence-corrected chi connectivity index (χ4v) is 5.89. The molecule has 1 aliphatic carbocycles. The molecule has 5 heteroatoms. The lowest BCUT2D eigenvalue weighted by molar-refractivity contribution is -0.128. The zero-order chi connectivity index (χ0) is 24.1. The molecule has 0 unspecified atom stereocenters. The van der Waals surface area contributed by atoms with Crippen LogP contribution in [0.5, 0.6) is 11.5 Å². The average molecular weight is 461 g/mol. The lowest BCUT2D eigenvalue weighted by atomic mass is 9.57. The predicted octanol–water partition coefficient (Wildman–Crippen LogP) is 4.87. The van der Waals surface area contributed by atoms with Crippen molar-refractivity contribution in [2.45, 2.75) is 37.1 Å². The average Bonchev–Trinajstić information content (AvgIpc) is 2.86. The standard InChI is InChI=1S/C29H36N2O3/c1-4-16-31-17-15-29(23-8-6-9-26(32)19-23)20-25(13-12-24(29)21-31)30(2)28(33)14-11-22-7-5-10-27(18-22)34-3/h4-11,14,18-19,24-25,32H,1,12-13,15-17,20-21H2,2-3H3/t24-,25+,29+/m1/s1. The first kappa shape index (κ1) is 24.1. The van der Waals surface area contributed by atoms with E-state index >= 15 is 0 Å². The molecule has 2 aromatic rings. The van der Waals surface area contributed by atoms with Crippen molar-refractivity contribution >= 4 is 12.0 Å². The number of fused-ring (bicyclic) bond motifs is 1. The van der Waals surface area contributed by atoms with Crippen molar-refractivity contribution in [1.29, 1.82) is 0 Å². The van der Waals surface area contributed by atoms with Crippen molar-refractivity contribution in [2.75, 3.05) is 33.8 Å². The van der Waals surface area contributed by atoms with Gasteiger partial charge in [-0.2, -0.15) is 0 Å². The van der Waals surface area contributed by atoms with E-state index in [4.69, 9.17) is 4.74 Å². The molecule has 1 aliphatic heterocycles. The molecule has 1 N–H and O–H groups in total. The van der Waals surface area contributed by atoms with Crippen molar-refractivity contribution in [2.24, 2.45) is 5.92 Å². The molecule has 1 saturated heterocycles. The summed E-state index contributed by atoms with van der Waals surface area (Å²) in [5.74, 6) is 1.60. The SMILES string of the molecule is C=CCN1CC[C@@]2(c3cccc(O)c3)C[C@@H](N(C)C(=O)C=Cc3cccc(OC)c3)CC[C@@H]2C1. The molecule has 2 aliphatic rings. The van der Waals surface area contributed by atoms with Gasteiger partial charge in [0, 0.05) is 37.7 Å². The van der Waals surface area contributed by atoms with Gasteiger partial charge in [-0.15, -0.1) is 6.58 Å². The van der Waals surface area contributed by atoms with Crippen LogP contribution in [0.15, 0.2) is 67.3 Å². The number of ether oxygens (including phenoxy) is 1. The smallest absolute Gasteiger partial charge is 0.246 e. The number of amides is 1.